The molecule has 0 amide bonds. The average Bonchev–Trinajstić information content (AvgIpc) is 2.90. The van der Waals surface area contributed by atoms with Crippen molar-refractivity contribution in [3.8, 4) is 5.75 Å². The van der Waals surface area contributed by atoms with Crippen molar-refractivity contribution in [2.24, 2.45) is 0 Å². The summed E-state index contributed by atoms with van der Waals surface area (Å²) in [5.74, 6) is 0.316. The smallest absolute Gasteiger partial charge is 0.307 e. The zero-order valence-corrected chi connectivity index (χ0v) is 17.3. The number of fused-ring (bicyclic) bond motifs is 2. The van der Waals surface area contributed by atoms with Crippen LogP contribution in [0.4, 0.5) is 11.4 Å². The predicted octanol–water partition coefficient (Wildman–Crippen LogP) is 4.45. The number of hydrogen-bond acceptors (Lipinski definition) is 6. The Labute approximate surface area is 175 Å². The van der Waals surface area contributed by atoms with Crippen LogP contribution in [-0.2, 0) is 14.9 Å². The highest BCUT2D eigenvalue weighted by molar-refractivity contribution is 5.75. The summed E-state index contributed by atoms with van der Waals surface area (Å²) in [5, 5.41) is 11.1. The third-order valence-electron chi connectivity index (χ3n) is 5.97. The van der Waals surface area contributed by atoms with Gasteiger partial charge in [0.25, 0.3) is 5.69 Å². The van der Waals surface area contributed by atoms with E-state index in [1.165, 1.54) is 12.1 Å². The van der Waals surface area contributed by atoms with Crippen LogP contribution in [0.3, 0.4) is 0 Å². The molecule has 0 N–H and O–H groups in total. The van der Waals surface area contributed by atoms with E-state index in [0.717, 1.165) is 11.3 Å². The van der Waals surface area contributed by atoms with Crippen LogP contribution < -0.4 is 9.64 Å². The maximum atomic E-state index is 12.1. The van der Waals surface area contributed by atoms with Gasteiger partial charge in [0.2, 0.25) is 5.72 Å². The normalized spacial score (nSPS) is 20.4. The number of nitro benzene ring substituents is 1. The highest BCUT2D eigenvalue weighted by atomic mass is 16.6. The van der Waals surface area contributed by atoms with Crippen molar-refractivity contribution in [2.75, 3.05) is 18.1 Å². The Bertz CT molecular complexity index is 1050. The van der Waals surface area contributed by atoms with E-state index in [0.29, 0.717) is 24.5 Å². The van der Waals surface area contributed by atoms with Crippen LogP contribution in [0.15, 0.2) is 48.5 Å². The molecule has 0 fully saturated rings. The second-order valence-electron chi connectivity index (χ2n) is 7.96. The summed E-state index contributed by atoms with van der Waals surface area (Å²) >= 11 is 0. The van der Waals surface area contributed by atoms with Gasteiger partial charge in [0.1, 0.15) is 5.75 Å². The van der Waals surface area contributed by atoms with Gasteiger partial charge in [-0.1, -0.05) is 18.2 Å². The molecule has 1 unspecified atom stereocenters. The number of esters is 1. The molecule has 0 aliphatic carbocycles. The van der Waals surface area contributed by atoms with Gasteiger partial charge in [0.15, 0.2) is 0 Å². The van der Waals surface area contributed by atoms with Crippen LogP contribution in [0.1, 0.15) is 38.3 Å². The average molecular weight is 408 g/mol. The summed E-state index contributed by atoms with van der Waals surface area (Å²) in [6.07, 6.45) is 4.05. The number of hydrogen-bond donors (Lipinski definition) is 0. The fourth-order valence-electron chi connectivity index (χ4n) is 4.43. The monoisotopic (exact) mass is 408 g/mol. The fraction of sp³-hybridized carbons (Fsp3) is 0.348. The highest BCUT2D eigenvalue weighted by Crippen LogP contribution is 2.55. The predicted molar refractivity (Wildman–Crippen MR) is 114 cm³/mol. The molecule has 0 bridgehead atoms. The molecule has 0 radical (unpaired) electrons. The van der Waals surface area contributed by atoms with Gasteiger partial charge in [-0.2, -0.15) is 0 Å². The third-order valence-corrected chi connectivity index (χ3v) is 5.97. The third kappa shape index (κ3) is 2.93. The molecule has 2 aliphatic heterocycles. The maximum absolute atomic E-state index is 12.1. The topological polar surface area (TPSA) is 81.9 Å². The van der Waals surface area contributed by atoms with E-state index in [1.807, 2.05) is 30.4 Å². The molecule has 2 aromatic carbocycles. The minimum atomic E-state index is -0.869. The summed E-state index contributed by atoms with van der Waals surface area (Å²) in [7, 11) is 0. The van der Waals surface area contributed by atoms with Gasteiger partial charge >= 0.3 is 5.97 Å². The van der Waals surface area contributed by atoms with E-state index in [1.54, 1.807) is 13.0 Å². The molecule has 2 aliphatic rings. The quantitative estimate of drug-likeness (QED) is 0.413. The fourth-order valence-corrected chi connectivity index (χ4v) is 4.43. The Morgan fingerprint density at radius 1 is 1.23 bits per heavy atom. The van der Waals surface area contributed by atoms with E-state index in [2.05, 4.69) is 24.8 Å². The summed E-state index contributed by atoms with van der Waals surface area (Å²) in [6.45, 7) is 6.77. The largest absolute Gasteiger partial charge is 0.466 e. The van der Waals surface area contributed by atoms with Crippen LogP contribution in [0.25, 0.3) is 6.08 Å². The Morgan fingerprint density at radius 2 is 2.00 bits per heavy atom. The van der Waals surface area contributed by atoms with Gasteiger partial charge in [0, 0.05) is 29.9 Å². The summed E-state index contributed by atoms with van der Waals surface area (Å²) in [4.78, 5) is 24.9. The molecular formula is C23H24N2O5. The van der Waals surface area contributed by atoms with Crippen molar-refractivity contribution in [3.63, 3.8) is 0 Å². The molecule has 156 valence electrons. The van der Waals surface area contributed by atoms with Gasteiger partial charge in [0.05, 0.1) is 23.4 Å². The molecule has 2 heterocycles. The number of non-ortho nitro benzene ring substituents is 1. The molecule has 0 saturated carbocycles. The minimum Gasteiger partial charge on any atom is -0.466 e. The Balaban J connectivity index is 1.77. The number of nitrogens with zero attached hydrogens (tertiary/aromatic N) is 2. The second-order valence-corrected chi connectivity index (χ2v) is 7.96. The lowest BCUT2D eigenvalue weighted by molar-refractivity contribution is -0.384. The van der Waals surface area contributed by atoms with E-state index in [4.69, 9.17) is 9.47 Å². The van der Waals surface area contributed by atoms with E-state index in [9.17, 15) is 14.9 Å². The van der Waals surface area contributed by atoms with Crippen molar-refractivity contribution in [1.82, 2.24) is 0 Å². The first-order valence-corrected chi connectivity index (χ1v) is 9.99. The summed E-state index contributed by atoms with van der Waals surface area (Å²) in [5.41, 5.74) is 1.49. The number of ether oxygens (including phenoxy) is 2. The number of nitro groups is 1. The Hall–Kier alpha value is -3.35. The molecule has 1 spiro atoms. The molecule has 30 heavy (non-hydrogen) atoms. The van der Waals surface area contributed by atoms with Gasteiger partial charge in [-0.25, -0.2) is 0 Å². The number of carbonyl (C=O) groups is 1. The number of benzene rings is 2. The van der Waals surface area contributed by atoms with Crippen LogP contribution in [-0.4, -0.2) is 29.8 Å². The van der Waals surface area contributed by atoms with E-state index in [-0.39, 0.29) is 18.1 Å². The molecule has 0 saturated heterocycles. The zero-order valence-electron chi connectivity index (χ0n) is 17.3. The van der Waals surface area contributed by atoms with Crippen LogP contribution in [0.5, 0.6) is 5.75 Å². The molecule has 4 rings (SSSR count). The summed E-state index contributed by atoms with van der Waals surface area (Å²) < 4.78 is 11.7. The number of anilines is 1. The number of para-hydroxylation sites is 1. The number of carbonyl (C=O) groups excluding carboxylic acids is 1. The highest BCUT2D eigenvalue weighted by Gasteiger charge is 2.58. The Morgan fingerprint density at radius 3 is 2.73 bits per heavy atom. The molecule has 1 atom stereocenters. The van der Waals surface area contributed by atoms with E-state index < -0.39 is 16.1 Å². The first-order valence-electron chi connectivity index (χ1n) is 9.99. The van der Waals surface area contributed by atoms with Gasteiger partial charge in [-0.05, 0) is 50.6 Å². The van der Waals surface area contributed by atoms with Crippen molar-refractivity contribution < 1.29 is 19.2 Å². The SMILES string of the molecule is CCOC(=O)CCN1c2ccccc2C(C)(C)C12C=Cc1cc([N+](=O)[O-])ccc1O2. The first-order chi connectivity index (χ1) is 14.3. The van der Waals surface area contributed by atoms with Crippen LogP contribution >= 0.6 is 0 Å². The molecular weight excluding hydrogens is 384 g/mol. The number of rotatable bonds is 5. The van der Waals surface area contributed by atoms with Crippen LogP contribution in [0, 0.1) is 10.1 Å². The first kappa shape index (κ1) is 19.9. The molecule has 7 nitrogen and oxygen atoms in total. The lowest BCUT2D eigenvalue weighted by atomic mass is 9.76. The minimum absolute atomic E-state index is 0.0195. The van der Waals surface area contributed by atoms with Gasteiger partial charge < -0.3 is 14.4 Å². The lowest BCUT2D eigenvalue weighted by Crippen LogP contribution is -2.59. The van der Waals surface area contributed by atoms with Crippen molar-refractivity contribution in [3.05, 3.63) is 69.8 Å². The molecule has 7 heteroatoms. The zero-order chi connectivity index (χ0) is 21.5. The molecule has 2 aromatic rings. The van der Waals surface area contributed by atoms with Crippen molar-refractivity contribution >= 4 is 23.4 Å². The standard InChI is InChI=1S/C23H24N2O5/c1-4-29-21(26)12-14-24-19-8-6-5-7-18(19)22(2,3)23(24)13-11-16-15-17(25(27)28)9-10-20(16)30-23/h5-11,13,15H,4,12,14H2,1-3H3. The van der Waals surface area contributed by atoms with Crippen molar-refractivity contribution in [1.29, 1.82) is 0 Å². The Kier molecular flexibility index (Phi) is 4.76. The molecule has 0 aromatic heterocycles. The van der Waals surface area contributed by atoms with E-state index >= 15 is 0 Å². The van der Waals surface area contributed by atoms with Gasteiger partial charge in [-0.3, -0.25) is 14.9 Å². The van der Waals surface area contributed by atoms with Gasteiger partial charge in [-0.15, -0.1) is 0 Å². The van der Waals surface area contributed by atoms with Crippen molar-refractivity contribution in [2.45, 2.75) is 38.3 Å². The second kappa shape index (κ2) is 7.16. The maximum Gasteiger partial charge on any atom is 0.307 e. The summed E-state index contributed by atoms with van der Waals surface area (Å²) in [6, 6.07) is 12.7. The lowest BCUT2D eigenvalue weighted by Gasteiger charge is -2.47. The van der Waals surface area contributed by atoms with Crippen LogP contribution in [0.2, 0.25) is 0 Å².